The number of aromatic amines is 1. The molecule has 44 heavy (non-hydrogen) atoms. The van der Waals surface area contributed by atoms with Gasteiger partial charge in [0.25, 0.3) is 5.56 Å². The molecule has 2 aromatic heterocycles. The van der Waals surface area contributed by atoms with E-state index in [4.69, 9.17) is 44.5 Å². The highest BCUT2D eigenvalue weighted by Crippen LogP contribution is 2.47. The fraction of sp³-hybridized carbons (Fsp3) is 0.300. The molecule has 4 aromatic rings. The second kappa shape index (κ2) is 14.7. The molecule has 0 bridgehead atoms. The molecule has 1 atom stereocenters. The molecule has 0 amide bonds. The van der Waals surface area contributed by atoms with Crippen LogP contribution in [0, 0.1) is 0 Å². The lowest BCUT2D eigenvalue weighted by molar-refractivity contribution is -0.144. The molecule has 1 aliphatic rings. The van der Waals surface area contributed by atoms with Gasteiger partial charge in [0, 0.05) is 59.6 Å². The van der Waals surface area contributed by atoms with Crippen LogP contribution in [0.5, 0.6) is 0 Å². The zero-order valence-electron chi connectivity index (χ0n) is 23.7. The lowest BCUT2D eigenvalue weighted by atomic mass is 10.0. The number of nitrogens with one attached hydrogen (secondary N) is 1. The molecule has 0 radical (unpaired) electrons. The zero-order valence-corrected chi connectivity index (χ0v) is 26.8. The Bertz CT molecular complexity index is 1720. The number of carbonyl (C=O) groups is 1. The molecule has 1 saturated heterocycles. The largest absolute Gasteiger partial charge is 0.465 e. The van der Waals surface area contributed by atoms with Gasteiger partial charge in [-0.25, -0.2) is 9.78 Å². The van der Waals surface area contributed by atoms with Crippen LogP contribution >= 0.6 is 46.6 Å². The third-order valence-electron chi connectivity index (χ3n) is 7.05. The lowest BCUT2D eigenvalue weighted by Crippen LogP contribution is -2.47. The van der Waals surface area contributed by atoms with E-state index in [1.807, 2.05) is 25.1 Å². The Balaban J connectivity index is 1.42. The Labute approximate surface area is 272 Å². The standard InChI is InChI=1S/C30H29Cl3N6O4S/c1-2-43-26(41)18-38-12-10-37(11-13-38)17-20-4-3-9-34-29(20)44-28(19-5-7-21(31)8-6-19)27-23(32)14-22(15-24(27)33)39-30(42)36-25(40)16-35-39/h3-9,14-16,28H,2,10-13,17-18H2,1H3,(H,36,40,42). The predicted molar refractivity (Wildman–Crippen MR) is 172 cm³/mol. The Kier molecular flexibility index (Phi) is 10.8. The number of H-pyrrole nitrogens is 1. The summed E-state index contributed by atoms with van der Waals surface area (Å²) < 4.78 is 6.12. The van der Waals surface area contributed by atoms with Crippen LogP contribution < -0.4 is 11.2 Å². The normalized spacial score (nSPS) is 14.8. The van der Waals surface area contributed by atoms with Gasteiger partial charge < -0.3 is 4.74 Å². The third kappa shape index (κ3) is 7.90. The van der Waals surface area contributed by atoms with Gasteiger partial charge in [0.15, 0.2) is 0 Å². The van der Waals surface area contributed by atoms with Gasteiger partial charge >= 0.3 is 11.7 Å². The summed E-state index contributed by atoms with van der Waals surface area (Å²) in [5.41, 5.74) is 1.57. The summed E-state index contributed by atoms with van der Waals surface area (Å²) in [7, 11) is 0. The van der Waals surface area contributed by atoms with E-state index in [1.165, 1.54) is 11.8 Å². The van der Waals surface area contributed by atoms with Crippen molar-refractivity contribution in [3.63, 3.8) is 0 Å². The minimum Gasteiger partial charge on any atom is -0.465 e. The number of rotatable bonds is 10. The Morgan fingerprint density at radius 2 is 1.70 bits per heavy atom. The molecule has 14 heteroatoms. The maximum Gasteiger partial charge on any atom is 0.349 e. The average molecular weight is 676 g/mol. The van der Waals surface area contributed by atoms with E-state index in [1.54, 1.807) is 30.5 Å². The molecular weight excluding hydrogens is 647 g/mol. The highest BCUT2D eigenvalue weighted by atomic mass is 35.5. The second-order valence-electron chi connectivity index (χ2n) is 10.0. The fourth-order valence-electron chi connectivity index (χ4n) is 4.91. The highest BCUT2D eigenvalue weighted by Gasteiger charge is 2.26. The molecule has 2 aromatic carbocycles. The first-order valence-corrected chi connectivity index (χ1v) is 15.9. The topological polar surface area (TPSA) is 113 Å². The van der Waals surface area contributed by atoms with Crippen molar-refractivity contribution in [1.29, 1.82) is 0 Å². The minimum absolute atomic E-state index is 0.201. The van der Waals surface area contributed by atoms with Crippen molar-refractivity contribution in [2.75, 3.05) is 39.3 Å². The molecule has 0 aliphatic carbocycles. The van der Waals surface area contributed by atoms with Gasteiger partial charge in [-0.15, -0.1) is 0 Å². The summed E-state index contributed by atoms with van der Waals surface area (Å²) in [6.45, 7) is 6.29. The van der Waals surface area contributed by atoms with Crippen LogP contribution in [-0.4, -0.2) is 74.8 Å². The summed E-state index contributed by atoms with van der Waals surface area (Å²) in [4.78, 5) is 47.2. The molecular formula is C30H29Cl3N6O4S. The summed E-state index contributed by atoms with van der Waals surface area (Å²) >= 11 is 21.5. The molecule has 1 fully saturated rings. The van der Waals surface area contributed by atoms with Gasteiger partial charge in [0.2, 0.25) is 0 Å². The average Bonchev–Trinajstić information content (AvgIpc) is 2.99. The number of thioether (sulfide) groups is 1. The van der Waals surface area contributed by atoms with Gasteiger partial charge in [-0.2, -0.15) is 9.78 Å². The van der Waals surface area contributed by atoms with E-state index in [2.05, 4.69) is 25.9 Å². The lowest BCUT2D eigenvalue weighted by Gasteiger charge is -2.34. The number of halogens is 3. The summed E-state index contributed by atoms with van der Waals surface area (Å²) in [6, 6.07) is 14.6. The summed E-state index contributed by atoms with van der Waals surface area (Å²) in [5, 5.41) is 5.58. The highest BCUT2D eigenvalue weighted by molar-refractivity contribution is 7.99. The van der Waals surface area contributed by atoms with E-state index in [0.717, 1.165) is 53.2 Å². The summed E-state index contributed by atoms with van der Waals surface area (Å²) in [6.07, 6.45) is 2.76. The van der Waals surface area contributed by atoms with Crippen molar-refractivity contribution in [3.05, 3.63) is 114 Å². The summed E-state index contributed by atoms with van der Waals surface area (Å²) in [5.74, 6) is -0.201. The number of carbonyl (C=O) groups excluding carboxylic acids is 1. The van der Waals surface area contributed by atoms with Crippen molar-refractivity contribution in [1.82, 2.24) is 29.5 Å². The van der Waals surface area contributed by atoms with Crippen LogP contribution in [0.2, 0.25) is 15.1 Å². The maximum absolute atomic E-state index is 12.4. The first kappa shape index (κ1) is 32.2. The van der Waals surface area contributed by atoms with Crippen LogP contribution in [0.1, 0.15) is 28.9 Å². The minimum atomic E-state index is -0.708. The molecule has 5 rings (SSSR count). The molecule has 10 nitrogen and oxygen atoms in total. The molecule has 0 saturated carbocycles. The number of hydrogen-bond donors (Lipinski definition) is 1. The number of piperazine rings is 1. The van der Waals surface area contributed by atoms with Crippen molar-refractivity contribution in [2.24, 2.45) is 0 Å². The smallest absolute Gasteiger partial charge is 0.349 e. The Morgan fingerprint density at radius 3 is 2.36 bits per heavy atom. The van der Waals surface area contributed by atoms with Crippen LogP contribution in [0.4, 0.5) is 0 Å². The van der Waals surface area contributed by atoms with Crippen molar-refractivity contribution in [2.45, 2.75) is 23.7 Å². The maximum atomic E-state index is 12.4. The van der Waals surface area contributed by atoms with Gasteiger partial charge in [-0.3, -0.25) is 24.4 Å². The number of esters is 1. The number of pyridine rings is 1. The van der Waals surface area contributed by atoms with Crippen LogP contribution in [0.25, 0.3) is 5.69 Å². The number of hydrogen-bond acceptors (Lipinski definition) is 9. The monoisotopic (exact) mass is 674 g/mol. The second-order valence-corrected chi connectivity index (χ2v) is 12.4. The molecule has 1 aliphatic heterocycles. The van der Waals surface area contributed by atoms with Gasteiger partial charge in [0.1, 0.15) is 11.2 Å². The number of aromatic nitrogens is 4. The van der Waals surface area contributed by atoms with Crippen molar-refractivity contribution < 1.29 is 9.53 Å². The van der Waals surface area contributed by atoms with Crippen LogP contribution in [0.3, 0.4) is 0 Å². The Hall–Kier alpha value is -3.19. The molecule has 230 valence electrons. The molecule has 1 N–H and O–H groups in total. The number of nitrogens with zero attached hydrogens (tertiary/aromatic N) is 5. The zero-order chi connectivity index (χ0) is 31.2. The first-order valence-electron chi connectivity index (χ1n) is 13.9. The Morgan fingerprint density at radius 1 is 1.02 bits per heavy atom. The van der Waals surface area contributed by atoms with Crippen molar-refractivity contribution >= 4 is 52.5 Å². The fourth-order valence-corrected chi connectivity index (χ4v) is 7.15. The third-order valence-corrected chi connectivity index (χ3v) is 9.26. The molecule has 1 unspecified atom stereocenters. The van der Waals surface area contributed by atoms with E-state index < -0.39 is 11.2 Å². The molecule has 0 spiro atoms. The number of ether oxygens (including phenoxy) is 1. The van der Waals surface area contributed by atoms with Crippen molar-refractivity contribution in [3.8, 4) is 5.69 Å². The van der Waals surface area contributed by atoms with Crippen LogP contribution in [0.15, 0.2) is 75.5 Å². The van der Waals surface area contributed by atoms with E-state index in [9.17, 15) is 14.4 Å². The van der Waals surface area contributed by atoms with Crippen LogP contribution in [-0.2, 0) is 16.1 Å². The first-order chi connectivity index (χ1) is 21.2. The predicted octanol–water partition coefficient (Wildman–Crippen LogP) is 4.84. The van der Waals surface area contributed by atoms with E-state index in [0.29, 0.717) is 46.0 Å². The van der Waals surface area contributed by atoms with Gasteiger partial charge in [-0.1, -0.05) is 64.8 Å². The molecule has 3 heterocycles. The van der Waals surface area contributed by atoms with E-state index >= 15 is 0 Å². The van der Waals surface area contributed by atoms with Gasteiger partial charge in [-0.05, 0) is 48.4 Å². The van der Waals surface area contributed by atoms with E-state index in [-0.39, 0.29) is 11.2 Å². The quantitative estimate of drug-likeness (QED) is 0.186. The number of benzene rings is 2. The van der Waals surface area contributed by atoms with Gasteiger partial charge in [0.05, 0.1) is 24.1 Å². The SMILES string of the molecule is CCOC(=O)CN1CCN(Cc2cccnc2SC(c2ccc(Cl)cc2)c2c(Cl)cc(-n3ncc(=O)[nH]c3=O)cc2Cl)CC1.